The highest BCUT2D eigenvalue weighted by Crippen LogP contribution is 2.28. The van der Waals surface area contributed by atoms with E-state index in [1.807, 2.05) is 13.8 Å². The number of benzene rings is 1. The third kappa shape index (κ3) is 4.92. The molecule has 0 radical (unpaired) electrons. The molecule has 0 spiro atoms. The average molecular weight is 293 g/mol. The van der Waals surface area contributed by atoms with E-state index in [0.29, 0.717) is 18.5 Å². The first-order chi connectivity index (χ1) is 10.1. The molecule has 2 N–H and O–H groups in total. The van der Waals surface area contributed by atoms with E-state index >= 15 is 0 Å². The van der Waals surface area contributed by atoms with Gasteiger partial charge in [-0.2, -0.15) is 0 Å². The number of para-hydroxylation sites is 1. The van der Waals surface area contributed by atoms with Crippen molar-refractivity contribution in [3.05, 3.63) is 30.1 Å². The summed E-state index contributed by atoms with van der Waals surface area (Å²) in [4.78, 5) is 4.50. The van der Waals surface area contributed by atoms with Crippen molar-refractivity contribution in [1.29, 1.82) is 0 Å². The fourth-order valence-electron chi connectivity index (χ4n) is 2.03. The van der Waals surface area contributed by atoms with Crippen molar-refractivity contribution < 1.29 is 9.13 Å². The van der Waals surface area contributed by atoms with Crippen molar-refractivity contribution in [2.75, 3.05) is 13.1 Å². The third-order valence-electron chi connectivity index (χ3n) is 3.45. The number of nitrogens with one attached hydrogen (secondary N) is 2. The van der Waals surface area contributed by atoms with Gasteiger partial charge >= 0.3 is 0 Å². The lowest BCUT2D eigenvalue weighted by molar-refractivity contribution is 0.220. The molecule has 3 atom stereocenters. The Hall–Kier alpha value is -1.78. The summed E-state index contributed by atoms with van der Waals surface area (Å²) in [7, 11) is 0. The Morgan fingerprint density at radius 3 is 2.81 bits per heavy atom. The number of nitrogens with zero attached hydrogens (tertiary/aromatic N) is 1. The van der Waals surface area contributed by atoms with Crippen LogP contribution in [0.4, 0.5) is 4.39 Å². The number of rotatable bonds is 6. The van der Waals surface area contributed by atoms with Gasteiger partial charge in [-0.3, -0.25) is 0 Å². The molecule has 21 heavy (non-hydrogen) atoms. The Morgan fingerprint density at radius 1 is 1.48 bits per heavy atom. The summed E-state index contributed by atoms with van der Waals surface area (Å²) in [5, 5.41) is 6.60. The minimum Gasteiger partial charge on any atom is -0.486 e. The topological polar surface area (TPSA) is 45.7 Å². The molecule has 0 bridgehead atoms. The van der Waals surface area contributed by atoms with Crippen molar-refractivity contribution >= 4 is 5.96 Å². The second-order valence-electron chi connectivity index (χ2n) is 5.54. The smallest absolute Gasteiger partial charge is 0.191 e. The van der Waals surface area contributed by atoms with Crippen LogP contribution in [-0.2, 0) is 0 Å². The Labute approximate surface area is 125 Å². The third-order valence-corrected chi connectivity index (χ3v) is 3.45. The molecule has 0 saturated heterocycles. The Bertz CT molecular complexity index is 492. The van der Waals surface area contributed by atoms with E-state index in [0.717, 1.165) is 12.5 Å². The molecule has 1 aliphatic rings. The van der Waals surface area contributed by atoms with Gasteiger partial charge in [-0.1, -0.05) is 19.1 Å². The van der Waals surface area contributed by atoms with Crippen LogP contribution in [-0.4, -0.2) is 31.2 Å². The molecule has 5 heteroatoms. The number of ether oxygens (including phenoxy) is 1. The predicted octanol–water partition coefficient (Wildman–Crippen LogP) is 2.56. The second-order valence-corrected chi connectivity index (χ2v) is 5.54. The van der Waals surface area contributed by atoms with Crippen LogP contribution in [0.5, 0.6) is 5.75 Å². The maximum Gasteiger partial charge on any atom is 0.191 e. The highest BCUT2D eigenvalue weighted by molar-refractivity contribution is 5.80. The number of guanidine groups is 1. The first kappa shape index (κ1) is 15.6. The molecule has 0 heterocycles. The Morgan fingerprint density at radius 2 is 2.19 bits per heavy atom. The van der Waals surface area contributed by atoms with E-state index in [-0.39, 0.29) is 17.7 Å². The molecular weight excluding hydrogens is 269 g/mol. The number of hydrogen-bond acceptors (Lipinski definition) is 2. The van der Waals surface area contributed by atoms with Gasteiger partial charge in [0.2, 0.25) is 0 Å². The van der Waals surface area contributed by atoms with Gasteiger partial charge in [0, 0.05) is 12.6 Å². The van der Waals surface area contributed by atoms with Gasteiger partial charge in [-0.05, 0) is 38.3 Å². The van der Waals surface area contributed by atoms with Crippen LogP contribution in [0.2, 0.25) is 0 Å². The lowest BCUT2D eigenvalue weighted by atomic mass is 10.3. The van der Waals surface area contributed by atoms with E-state index in [2.05, 4.69) is 22.5 Å². The zero-order valence-corrected chi connectivity index (χ0v) is 12.9. The van der Waals surface area contributed by atoms with E-state index in [4.69, 9.17) is 4.74 Å². The molecule has 4 nitrogen and oxygen atoms in total. The van der Waals surface area contributed by atoms with E-state index in [9.17, 15) is 4.39 Å². The SMILES string of the molecule is CCNC(=NCC(C)Oc1ccccc1F)NC1CC1C. The highest BCUT2D eigenvalue weighted by Gasteiger charge is 2.33. The lowest BCUT2D eigenvalue weighted by Crippen LogP contribution is -2.39. The van der Waals surface area contributed by atoms with E-state index < -0.39 is 0 Å². The normalized spacial score (nSPS) is 22.6. The minimum absolute atomic E-state index is 0.186. The summed E-state index contributed by atoms with van der Waals surface area (Å²) in [6.45, 7) is 7.43. The van der Waals surface area contributed by atoms with Gasteiger partial charge in [0.1, 0.15) is 6.10 Å². The average Bonchev–Trinajstić information content (AvgIpc) is 3.14. The van der Waals surface area contributed by atoms with Gasteiger partial charge < -0.3 is 15.4 Å². The molecule has 1 aromatic rings. The van der Waals surface area contributed by atoms with Crippen LogP contribution in [0.3, 0.4) is 0 Å². The fourth-order valence-corrected chi connectivity index (χ4v) is 2.03. The molecule has 3 unspecified atom stereocenters. The molecule has 1 fully saturated rings. The van der Waals surface area contributed by atoms with Gasteiger partial charge in [0.25, 0.3) is 0 Å². The number of halogens is 1. The monoisotopic (exact) mass is 293 g/mol. The van der Waals surface area contributed by atoms with Crippen LogP contribution in [0.25, 0.3) is 0 Å². The van der Waals surface area contributed by atoms with Crippen molar-refractivity contribution in [2.24, 2.45) is 10.9 Å². The lowest BCUT2D eigenvalue weighted by Gasteiger charge is -2.15. The number of aliphatic imine (C=N–C) groups is 1. The Kier molecular flexibility index (Phi) is 5.42. The summed E-state index contributed by atoms with van der Waals surface area (Å²) in [6.07, 6.45) is 1.00. The van der Waals surface area contributed by atoms with E-state index in [1.54, 1.807) is 18.2 Å². The van der Waals surface area contributed by atoms with Crippen LogP contribution in [0.15, 0.2) is 29.3 Å². The summed E-state index contributed by atoms with van der Waals surface area (Å²) >= 11 is 0. The summed E-state index contributed by atoms with van der Waals surface area (Å²) in [5.41, 5.74) is 0. The van der Waals surface area contributed by atoms with Gasteiger partial charge in [-0.15, -0.1) is 0 Å². The first-order valence-electron chi connectivity index (χ1n) is 7.56. The van der Waals surface area contributed by atoms with Crippen LogP contribution in [0.1, 0.15) is 27.2 Å². The summed E-state index contributed by atoms with van der Waals surface area (Å²) in [5.74, 6) is 1.44. The molecule has 1 aromatic carbocycles. The van der Waals surface area contributed by atoms with Gasteiger partial charge in [0.15, 0.2) is 17.5 Å². The zero-order valence-electron chi connectivity index (χ0n) is 12.9. The molecule has 1 aliphatic carbocycles. The number of hydrogen-bond donors (Lipinski definition) is 2. The van der Waals surface area contributed by atoms with Crippen molar-refractivity contribution in [3.8, 4) is 5.75 Å². The van der Waals surface area contributed by atoms with Crippen molar-refractivity contribution in [1.82, 2.24) is 10.6 Å². The van der Waals surface area contributed by atoms with Crippen LogP contribution < -0.4 is 15.4 Å². The molecule has 0 amide bonds. The maximum atomic E-state index is 13.5. The van der Waals surface area contributed by atoms with Crippen LogP contribution >= 0.6 is 0 Å². The Balaban J connectivity index is 1.86. The minimum atomic E-state index is -0.342. The predicted molar refractivity (Wildman–Crippen MR) is 83.2 cm³/mol. The molecule has 0 aliphatic heterocycles. The summed E-state index contributed by atoms with van der Waals surface area (Å²) in [6, 6.07) is 6.95. The standard InChI is InChI=1S/C16H24FN3O/c1-4-18-16(20-14-9-11(14)2)19-10-12(3)21-15-8-6-5-7-13(15)17/h5-8,11-12,14H,4,9-10H2,1-3H3,(H2,18,19,20). The highest BCUT2D eigenvalue weighted by atomic mass is 19.1. The second kappa shape index (κ2) is 7.29. The van der Waals surface area contributed by atoms with Gasteiger partial charge in [0.05, 0.1) is 6.54 Å². The van der Waals surface area contributed by atoms with Crippen LogP contribution in [0, 0.1) is 11.7 Å². The quantitative estimate of drug-likeness (QED) is 0.626. The van der Waals surface area contributed by atoms with Crippen molar-refractivity contribution in [2.45, 2.75) is 39.3 Å². The maximum absolute atomic E-state index is 13.5. The molecule has 2 rings (SSSR count). The fraction of sp³-hybridized carbons (Fsp3) is 0.562. The van der Waals surface area contributed by atoms with E-state index in [1.165, 1.54) is 12.5 Å². The first-order valence-corrected chi connectivity index (χ1v) is 7.56. The molecule has 116 valence electrons. The van der Waals surface area contributed by atoms with Crippen molar-refractivity contribution in [3.63, 3.8) is 0 Å². The molecular formula is C16H24FN3O. The summed E-state index contributed by atoms with van der Waals surface area (Å²) < 4.78 is 19.1. The largest absolute Gasteiger partial charge is 0.486 e. The molecule has 1 saturated carbocycles. The van der Waals surface area contributed by atoms with Gasteiger partial charge in [-0.25, -0.2) is 9.38 Å². The molecule has 0 aromatic heterocycles. The zero-order chi connectivity index (χ0) is 15.2.